The molecule has 0 saturated carbocycles. The number of ether oxygens (including phenoxy) is 1. The Kier molecular flexibility index (Phi) is 11.1. The highest BCUT2D eigenvalue weighted by Crippen LogP contribution is 2.19. The molecule has 0 N–H and O–H groups in total. The summed E-state index contributed by atoms with van der Waals surface area (Å²) >= 11 is 0. The average Bonchev–Trinajstić information content (AvgIpc) is 2.37. The molecule has 6 heteroatoms. The highest BCUT2D eigenvalue weighted by Gasteiger charge is 2.39. The van der Waals surface area contributed by atoms with E-state index in [1.807, 2.05) is 27.7 Å². The molecule has 5 nitrogen and oxygen atoms in total. The summed E-state index contributed by atoms with van der Waals surface area (Å²) < 4.78 is 22.2. The summed E-state index contributed by atoms with van der Waals surface area (Å²) in [6.07, 6.45) is 1.91. The van der Waals surface area contributed by atoms with E-state index < -0.39 is 8.80 Å². The van der Waals surface area contributed by atoms with Crippen LogP contribution in [0, 0.1) is 0 Å². The number of carbonyl (C=O) groups is 1. The van der Waals surface area contributed by atoms with Gasteiger partial charge in [-0.25, -0.2) is 0 Å². The highest BCUT2D eigenvalue weighted by atomic mass is 28.4. The molecule has 0 radical (unpaired) electrons. The van der Waals surface area contributed by atoms with Crippen LogP contribution in [0.25, 0.3) is 0 Å². The SMILES string of the molecule is CCCOC(=O)CCC[Si](OCC)(OCC)OCC. The third kappa shape index (κ3) is 8.36. The van der Waals surface area contributed by atoms with Gasteiger partial charge in [-0.2, -0.15) is 0 Å². The van der Waals surface area contributed by atoms with Crippen LogP contribution in [0.3, 0.4) is 0 Å². The molecule has 0 aliphatic carbocycles. The number of hydrogen-bond donors (Lipinski definition) is 0. The molecular weight excluding hydrogens is 264 g/mol. The molecule has 0 amide bonds. The molecular formula is C13H28O5Si. The zero-order valence-corrected chi connectivity index (χ0v) is 13.7. The Bertz CT molecular complexity index is 218. The van der Waals surface area contributed by atoms with Crippen molar-refractivity contribution < 1.29 is 22.8 Å². The maximum Gasteiger partial charge on any atom is 0.500 e. The standard InChI is InChI=1S/C13H28O5Si/c1-5-11-15-13(14)10-9-12-19(16-6-2,17-7-3)18-8-4/h5-12H2,1-4H3. The van der Waals surface area contributed by atoms with Gasteiger partial charge in [-0.05, 0) is 33.6 Å². The zero-order valence-electron chi connectivity index (χ0n) is 12.7. The van der Waals surface area contributed by atoms with Crippen molar-refractivity contribution in [2.24, 2.45) is 0 Å². The summed E-state index contributed by atoms with van der Waals surface area (Å²) in [7, 11) is -2.60. The Labute approximate surface area is 117 Å². The molecule has 0 fully saturated rings. The smallest absolute Gasteiger partial charge is 0.466 e. The van der Waals surface area contributed by atoms with E-state index in [1.54, 1.807) is 0 Å². The van der Waals surface area contributed by atoms with Crippen molar-refractivity contribution in [1.82, 2.24) is 0 Å². The fourth-order valence-corrected chi connectivity index (χ4v) is 4.35. The summed E-state index contributed by atoms with van der Waals surface area (Å²) in [4.78, 5) is 11.4. The first-order valence-corrected chi connectivity index (χ1v) is 9.14. The summed E-state index contributed by atoms with van der Waals surface area (Å²) in [6, 6.07) is 0.656. The predicted octanol–water partition coefficient (Wildman–Crippen LogP) is 2.77. The van der Waals surface area contributed by atoms with E-state index in [0.717, 1.165) is 6.42 Å². The first-order valence-electron chi connectivity index (χ1n) is 7.21. The Balaban J connectivity index is 4.19. The fraction of sp³-hybridized carbons (Fsp3) is 0.923. The maximum atomic E-state index is 11.4. The van der Waals surface area contributed by atoms with Crippen LogP contribution in [-0.4, -0.2) is 41.2 Å². The van der Waals surface area contributed by atoms with Crippen LogP contribution in [0.2, 0.25) is 6.04 Å². The van der Waals surface area contributed by atoms with Crippen molar-refractivity contribution in [2.45, 2.75) is 53.0 Å². The summed E-state index contributed by atoms with van der Waals surface area (Å²) in [6.45, 7) is 9.93. The largest absolute Gasteiger partial charge is 0.500 e. The molecule has 0 rings (SSSR count). The quantitative estimate of drug-likeness (QED) is 0.409. The first kappa shape index (κ1) is 18.6. The lowest BCUT2D eigenvalue weighted by Crippen LogP contribution is -2.46. The zero-order chi connectivity index (χ0) is 14.6. The maximum absolute atomic E-state index is 11.4. The van der Waals surface area contributed by atoms with Gasteiger partial charge in [-0.15, -0.1) is 0 Å². The Morgan fingerprint density at radius 3 is 1.89 bits per heavy atom. The minimum Gasteiger partial charge on any atom is -0.466 e. The van der Waals surface area contributed by atoms with E-state index in [2.05, 4.69) is 0 Å². The molecule has 19 heavy (non-hydrogen) atoms. The monoisotopic (exact) mass is 292 g/mol. The van der Waals surface area contributed by atoms with Crippen LogP contribution in [0.15, 0.2) is 0 Å². The Hall–Kier alpha value is -0.433. The third-order valence-electron chi connectivity index (χ3n) is 2.42. The van der Waals surface area contributed by atoms with Gasteiger partial charge < -0.3 is 18.0 Å². The lowest BCUT2D eigenvalue weighted by Gasteiger charge is -2.28. The summed E-state index contributed by atoms with van der Waals surface area (Å²) in [5.41, 5.74) is 0. The third-order valence-corrected chi connectivity index (χ3v) is 5.58. The Morgan fingerprint density at radius 2 is 1.47 bits per heavy atom. The molecule has 0 bridgehead atoms. The van der Waals surface area contributed by atoms with Crippen LogP contribution >= 0.6 is 0 Å². The number of carbonyl (C=O) groups excluding carboxylic acids is 1. The van der Waals surface area contributed by atoms with Crippen molar-refractivity contribution >= 4 is 14.8 Å². The Morgan fingerprint density at radius 1 is 0.947 bits per heavy atom. The predicted molar refractivity (Wildman–Crippen MR) is 75.9 cm³/mol. The molecule has 0 aromatic heterocycles. The van der Waals surface area contributed by atoms with Crippen molar-refractivity contribution in [3.63, 3.8) is 0 Å². The van der Waals surface area contributed by atoms with Gasteiger partial charge in [-0.3, -0.25) is 4.79 Å². The molecule has 0 aromatic rings. The second-order valence-corrected chi connectivity index (χ2v) is 6.79. The van der Waals surface area contributed by atoms with E-state index in [9.17, 15) is 4.79 Å². The normalized spacial score (nSPS) is 11.6. The molecule has 0 atom stereocenters. The van der Waals surface area contributed by atoms with Crippen molar-refractivity contribution in [1.29, 1.82) is 0 Å². The number of esters is 1. The van der Waals surface area contributed by atoms with Gasteiger partial charge in [0.15, 0.2) is 0 Å². The summed E-state index contributed by atoms with van der Waals surface area (Å²) in [5.74, 6) is -0.158. The molecule has 0 heterocycles. The van der Waals surface area contributed by atoms with Crippen LogP contribution in [0.5, 0.6) is 0 Å². The average molecular weight is 292 g/mol. The highest BCUT2D eigenvalue weighted by molar-refractivity contribution is 6.60. The van der Waals surface area contributed by atoms with Crippen molar-refractivity contribution in [3.05, 3.63) is 0 Å². The second kappa shape index (κ2) is 11.4. The summed E-state index contributed by atoms with van der Waals surface area (Å²) in [5, 5.41) is 0. The van der Waals surface area contributed by atoms with E-state index in [1.165, 1.54) is 0 Å². The molecule has 0 unspecified atom stereocenters. The first-order chi connectivity index (χ1) is 9.14. The molecule has 114 valence electrons. The topological polar surface area (TPSA) is 54.0 Å². The van der Waals surface area contributed by atoms with E-state index in [-0.39, 0.29) is 5.97 Å². The van der Waals surface area contributed by atoms with E-state index >= 15 is 0 Å². The van der Waals surface area contributed by atoms with E-state index in [4.69, 9.17) is 18.0 Å². The van der Waals surface area contributed by atoms with Crippen LogP contribution in [-0.2, 0) is 22.8 Å². The van der Waals surface area contributed by atoms with Gasteiger partial charge in [-0.1, -0.05) is 6.92 Å². The van der Waals surface area contributed by atoms with Gasteiger partial charge in [0.2, 0.25) is 0 Å². The lowest BCUT2D eigenvalue weighted by atomic mass is 10.3. The van der Waals surface area contributed by atoms with Gasteiger partial charge >= 0.3 is 14.8 Å². The second-order valence-electron chi connectivity index (χ2n) is 4.06. The van der Waals surface area contributed by atoms with Crippen LogP contribution < -0.4 is 0 Å². The number of hydrogen-bond acceptors (Lipinski definition) is 5. The van der Waals surface area contributed by atoms with Crippen molar-refractivity contribution in [2.75, 3.05) is 26.4 Å². The van der Waals surface area contributed by atoms with E-state index in [0.29, 0.717) is 45.3 Å². The molecule has 0 spiro atoms. The molecule has 0 aliphatic rings. The van der Waals surface area contributed by atoms with Gasteiger partial charge in [0.25, 0.3) is 0 Å². The molecule has 0 saturated heterocycles. The number of rotatable bonds is 12. The van der Waals surface area contributed by atoms with Crippen molar-refractivity contribution in [3.8, 4) is 0 Å². The minimum atomic E-state index is -2.60. The minimum absolute atomic E-state index is 0.158. The molecule has 0 aromatic carbocycles. The van der Waals surface area contributed by atoms with Gasteiger partial charge in [0, 0.05) is 32.3 Å². The van der Waals surface area contributed by atoms with Crippen LogP contribution in [0.4, 0.5) is 0 Å². The van der Waals surface area contributed by atoms with Gasteiger partial charge in [0.1, 0.15) is 0 Å². The van der Waals surface area contributed by atoms with Crippen LogP contribution in [0.1, 0.15) is 47.0 Å². The molecule has 0 aliphatic heterocycles. The van der Waals surface area contributed by atoms with Gasteiger partial charge in [0.05, 0.1) is 6.61 Å². The fourth-order valence-electron chi connectivity index (χ4n) is 1.74. The lowest BCUT2D eigenvalue weighted by molar-refractivity contribution is -0.143.